The van der Waals surface area contributed by atoms with Gasteiger partial charge in [0.2, 0.25) is 5.82 Å². The number of nitrogens with one attached hydrogen (secondary N) is 1. The van der Waals surface area contributed by atoms with E-state index in [1.165, 1.54) is 16.8 Å². The summed E-state index contributed by atoms with van der Waals surface area (Å²) in [5, 5.41) is 9.25. The Morgan fingerprint density at radius 3 is 2.39 bits per heavy atom. The number of fused-ring (bicyclic) bond motifs is 1. The molecule has 1 aliphatic heterocycles. The third-order valence-electron chi connectivity index (χ3n) is 7.05. The fourth-order valence-corrected chi connectivity index (χ4v) is 4.90. The van der Waals surface area contributed by atoms with Gasteiger partial charge in [0.1, 0.15) is 30.2 Å². The first-order chi connectivity index (χ1) is 17.6. The lowest BCUT2D eigenvalue weighted by Gasteiger charge is -2.42. The van der Waals surface area contributed by atoms with Crippen molar-refractivity contribution in [3.63, 3.8) is 0 Å². The number of aromatic amines is 1. The molecule has 1 saturated heterocycles. The van der Waals surface area contributed by atoms with Crippen molar-refractivity contribution in [2.45, 2.75) is 13.2 Å². The third-order valence-corrected chi connectivity index (χ3v) is 7.05. The predicted molar refractivity (Wildman–Crippen MR) is 143 cm³/mol. The molecule has 0 aliphatic carbocycles. The van der Waals surface area contributed by atoms with E-state index in [2.05, 4.69) is 58.5 Å². The standard InChI is InChI=1S/C29H35N4O3/c1-32-14-16-33(17-15-32,21-23-6-4-3-5-7-23)29-27-13-12-26(20-28(27)30-31-29)36-19-18-35-22-24-8-10-25(34-2)11-9-24/h3-13,20H,14-19,21-22H2,1-2H3,(H,30,31)/q+1. The minimum absolute atomic E-state index is 0.485. The van der Waals surface area contributed by atoms with Crippen molar-refractivity contribution in [1.29, 1.82) is 0 Å². The Kier molecular flexibility index (Phi) is 7.51. The minimum Gasteiger partial charge on any atom is -0.497 e. The molecule has 188 valence electrons. The lowest BCUT2D eigenvalue weighted by Crippen LogP contribution is -2.59. The van der Waals surface area contributed by atoms with Crippen LogP contribution in [-0.2, 0) is 17.9 Å². The predicted octanol–water partition coefficient (Wildman–Crippen LogP) is 4.62. The Morgan fingerprint density at radius 2 is 1.64 bits per heavy atom. The van der Waals surface area contributed by atoms with Crippen molar-refractivity contribution >= 4 is 16.7 Å². The average Bonchev–Trinajstić information content (AvgIpc) is 3.35. The van der Waals surface area contributed by atoms with Crippen LogP contribution in [0.2, 0.25) is 0 Å². The summed E-state index contributed by atoms with van der Waals surface area (Å²) in [7, 11) is 3.87. The molecule has 0 atom stereocenters. The Bertz CT molecular complexity index is 1250. The molecule has 1 N–H and O–H groups in total. The molecule has 0 bridgehead atoms. The highest BCUT2D eigenvalue weighted by Crippen LogP contribution is 2.34. The van der Waals surface area contributed by atoms with E-state index in [-0.39, 0.29) is 0 Å². The Hall–Kier alpha value is -3.39. The zero-order valence-corrected chi connectivity index (χ0v) is 21.2. The summed E-state index contributed by atoms with van der Waals surface area (Å²) in [6, 6.07) is 24.9. The highest BCUT2D eigenvalue weighted by molar-refractivity contribution is 5.90. The molecule has 1 aromatic heterocycles. The Balaban J connectivity index is 1.23. The molecule has 7 nitrogen and oxygen atoms in total. The van der Waals surface area contributed by atoms with Gasteiger partial charge in [-0.25, -0.2) is 5.10 Å². The number of nitrogens with zero attached hydrogens (tertiary/aromatic N) is 3. The summed E-state index contributed by atoms with van der Waals surface area (Å²) >= 11 is 0. The van der Waals surface area contributed by atoms with Crippen LogP contribution in [-0.4, -0.2) is 68.6 Å². The number of piperazine rings is 1. The molecule has 0 saturated carbocycles. The van der Waals surface area contributed by atoms with E-state index in [9.17, 15) is 0 Å². The number of benzene rings is 3. The van der Waals surface area contributed by atoms with Crippen molar-refractivity contribution < 1.29 is 14.2 Å². The number of ether oxygens (including phenoxy) is 3. The first-order valence-electron chi connectivity index (χ1n) is 12.6. The van der Waals surface area contributed by atoms with Crippen LogP contribution in [0.15, 0.2) is 72.8 Å². The van der Waals surface area contributed by atoms with Crippen molar-refractivity contribution in [3.8, 4) is 11.5 Å². The molecule has 1 fully saturated rings. The molecule has 1 aliphatic rings. The SMILES string of the molecule is COc1ccc(COCCOc2ccc3c([N+]4(Cc5ccccc5)CCN(C)CC4)[nH]nc3c2)cc1. The zero-order valence-electron chi connectivity index (χ0n) is 21.2. The number of hydrogen-bond acceptors (Lipinski definition) is 5. The van der Waals surface area contributed by atoms with E-state index < -0.39 is 0 Å². The number of likely N-dealkylation sites (N-methyl/N-ethyl adjacent to an activating group) is 1. The van der Waals surface area contributed by atoms with Crippen molar-refractivity contribution in [1.82, 2.24) is 19.6 Å². The molecule has 7 heteroatoms. The van der Waals surface area contributed by atoms with Crippen LogP contribution in [0.4, 0.5) is 5.82 Å². The van der Waals surface area contributed by atoms with Crippen LogP contribution in [0.3, 0.4) is 0 Å². The lowest BCUT2D eigenvalue weighted by molar-refractivity contribution is 0.0889. The molecule has 4 aromatic rings. The molecule has 36 heavy (non-hydrogen) atoms. The second kappa shape index (κ2) is 11.1. The lowest BCUT2D eigenvalue weighted by atomic mass is 10.1. The first-order valence-corrected chi connectivity index (χ1v) is 12.6. The van der Waals surface area contributed by atoms with Crippen LogP contribution in [0.1, 0.15) is 11.1 Å². The first kappa shape index (κ1) is 24.3. The minimum atomic E-state index is 0.485. The number of aromatic nitrogens is 2. The number of rotatable bonds is 10. The fraction of sp³-hybridized carbons (Fsp3) is 0.345. The maximum absolute atomic E-state index is 5.97. The van der Waals surface area contributed by atoms with Gasteiger partial charge in [-0.15, -0.1) is 0 Å². The summed E-state index contributed by atoms with van der Waals surface area (Å²) in [4.78, 5) is 2.41. The molecule has 2 heterocycles. The Morgan fingerprint density at radius 1 is 0.889 bits per heavy atom. The second-order valence-electron chi connectivity index (χ2n) is 9.54. The van der Waals surface area contributed by atoms with Crippen molar-refractivity contribution in [3.05, 3.63) is 83.9 Å². The monoisotopic (exact) mass is 487 g/mol. The van der Waals surface area contributed by atoms with Gasteiger partial charge in [0.15, 0.2) is 0 Å². The van der Waals surface area contributed by atoms with Gasteiger partial charge < -0.3 is 14.2 Å². The van der Waals surface area contributed by atoms with E-state index in [0.717, 1.165) is 59.8 Å². The zero-order chi connectivity index (χ0) is 24.8. The largest absolute Gasteiger partial charge is 0.497 e. The third kappa shape index (κ3) is 5.54. The number of H-pyrrole nitrogens is 1. The molecule has 0 spiro atoms. The Labute approximate surface area is 212 Å². The maximum atomic E-state index is 5.97. The van der Waals surface area contributed by atoms with Gasteiger partial charge in [-0.05, 0) is 36.9 Å². The van der Waals surface area contributed by atoms with Crippen molar-refractivity contribution in [2.75, 3.05) is 53.6 Å². The molecule has 3 aromatic carbocycles. The van der Waals surface area contributed by atoms with Gasteiger partial charge in [0, 0.05) is 24.7 Å². The van der Waals surface area contributed by atoms with Crippen molar-refractivity contribution in [2.24, 2.45) is 0 Å². The van der Waals surface area contributed by atoms with Crippen LogP contribution in [0.25, 0.3) is 10.9 Å². The summed E-state index contributed by atoms with van der Waals surface area (Å²) in [6.07, 6.45) is 0. The van der Waals surface area contributed by atoms with Gasteiger partial charge in [0.05, 0.1) is 38.8 Å². The van der Waals surface area contributed by atoms with Crippen LogP contribution < -0.4 is 14.0 Å². The quantitative estimate of drug-likeness (QED) is 0.261. The van der Waals surface area contributed by atoms with E-state index in [4.69, 9.17) is 14.2 Å². The van der Waals surface area contributed by atoms with Gasteiger partial charge in [-0.3, -0.25) is 9.38 Å². The maximum Gasteiger partial charge on any atom is 0.231 e. The van der Waals surface area contributed by atoms with Gasteiger partial charge in [-0.1, -0.05) is 42.5 Å². The molecule has 0 radical (unpaired) electrons. The summed E-state index contributed by atoms with van der Waals surface area (Å²) in [5.41, 5.74) is 3.39. The molecular formula is C29H35N4O3+. The number of hydrogen-bond donors (Lipinski definition) is 1. The molecule has 5 rings (SSSR count). The summed E-state index contributed by atoms with van der Waals surface area (Å²) in [5.74, 6) is 2.84. The molecule has 0 amide bonds. The fourth-order valence-electron chi connectivity index (χ4n) is 4.90. The average molecular weight is 488 g/mol. The van der Waals surface area contributed by atoms with Crippen LogP contribution in [0, 0.1) is 0 Å². The van der Waals surface area contributed by atoms with E-state index in [1.54, 1.807) is 7.11 Å². The normalized spacial score (nSPS) is 15.7. The summed E-state index contributed by atoms with van der Waals surface area (Å²) < 4.78 is 17.8. The van der Waals surface area contributed by atoms with Crippen LogP contribution >= 0.6 is 0 Å². The van der Waals surface area contributed by atoms with Gasteiger partial charge >= 0.3 is 0 Å². The smallest absolute Gasteiger partial charge is 0.231 e. The topological polar surface area (TPSA) is 59.6 Å². The van der Waals surface area contributed by atoms with Gasteiger partial charge in [-0.2, -0.15) is 5.10 Å². The highest BCUT2D eigenvalue weighted by Gasteiger charge is 2.37. The highest BCUT2D eigenvalue weighted by atomic mass is 16.5. The van der Waals surface area contributed by atoms with Crippen LogP contribution in [0.5, 0.6) is 11.5 Å². The molecule has 0 unspecified atom stereocenters. The summed E-state index contributed by atoms with van der Waals surface area (Å²) in [6.45, 7) is 6.72. The van der Waals surface area contributed by atoms with E-state index >= 15 is 0 Å². The van der Waals surface area contributed by atoms with Gasteiger partial charge in [0.25, 0.3) is 0 Å². The number of methoxy groups -OCH3 is 1. The second-order valence-corrected chi connectivity index (χ2v) is 9.54. The number of quaternary nitrogens is 1. The van der Waals surface area contributed by atoms with E-state index in [0.29, 0.717) is 19.8 Å². The molecular weight excluding hydrogens is 452 g/mol. The van der Waals surface area contributed by atoms with E-state index in [1.807, 2.05) is 36.4 Å².